The Hall–Kier alpha value is -2.82. The fraction of sp³-hybridized carbons (Fsp3) is 0.143. The summed E-state index contributed by atoms with van der Waals surface area (Å²) in [4.78, 5) is 0. The third kappa shape index (κ3) is 3.65. The van der Waals surface area contributed by atoms with Crippen LogP contribution in [0.3, 0.4) is 0 Å². The highest BCUT2D eigenvalue weighted by atomic mass is 16.5. The second kappa shape index (κ2) is 7.83. The number of aliphatic hydroxyl groups excluding tert-OH is 1. The number of nitrogen functional groups attached to an aromatic ring is 2. The Kier molecular flexibility index (Phi) is 5.33. The van der Waals surface area contributed by atoms with Gasteiger partial charge < -0.3 is 21.3 Å². The summed E-state index contributed by atoms with van der Waals surface area (Å²) >= 11 is 0. The van der Waals surface area contributed by atoms with Crippen molar-refractivity contribution in [2.75, 3.05) is 24.7 Å². The maximum atomic E-state index is 8.98. The van der Waals surface area contributed by atoms with E-state index in [1.165, 1.54) is 0 Å². The summed E-state index contributed by atoms with van der Waals surface area (Å²) in [7, 11) is 0. The van der Waals surface area contributed by atoms with Crippen LogP contribution in [-0.2, 0) is 11.3 Å². The molecule has 25 heavy (non-hydrogen) atoms. The molecule has 0 saturated heterocycles. The molecule has 128 valence electrons. The molecule has 0 atom stereocenters. The van der Waals surface area contributed by atoms with E-state index in [2.05, 4.69) is 0 Å². The molecule has 0 fully saturated rings. The maximum absolute atomic E-state index is 8.98. The van der Waals surface area contributed by atoms with Crippen LogP contribution in [0.1, 0.15) is 5.56 Å². The third-order valence-electron chi connectivity index (χ3n) is 4.13. The molecule has 0 heterocycles. The average Bonchev–Trinajstić information content (AvgIpc) is 2.63. The molecule has 0 spiro atoms. The zero-order valence-corrected chi connectivity index (χ0v) is 14.0. The van der Waals surface area contributed by atoms with Gasteiger partial charge in [-0.05, 0) is 28.8 Å². The molecule has 5 N–H and O–H groups in total. The number of para-hydroxylation sites is 2. The van der Waals surface area contributed by atoms with E-state index in [0.717, 1.165) is 27.8 Å². The number of nitrogens with two attached hydrogens (primary N) is 2. The number of anilines is 2. The van der Waals surface area contributed by atoms with E-state index in [-0.39, 0.29) is 6.61 Å². The van der Waals surface area contributed by atoms with E-state index in [9.17, 15) is 0 Å². The van der Waals surface area contributed by atoms with Crippen molar-refractivity contribution in [3.05, 3.63) is 72.3 Å². The van der Waals surface area contributed by atoms with Crippen molar-refractivity contribution in [3.63, 3.8) is 0 Å². The molecule has 0 aromatic heterocycles. The van der Waals surface area contributed by atoms with Gasteiger partial charge in [0.2, 0.25) is 0 Å². The Morgan fingerprint density at radius 1 is 0.720 bits per heavy atom. The van der Waals surface area contributed by atoms with Gasteiger partial charge in [-0.1, -0.05) is 54.6 Å². The SMILES string of the molecule is Nc1ccccc1-c1cccc(COCCO)c1-c1ccccc1N. The van der Waals surface area contributed by atoms with Crippen molar-refractivity contribution in [3.8, 4) is 22.3 Å². The Balaban J connectivity index is 2.20. The van der Waals surface area contributed by atoms with Gasteiger partial charge in [-0.25, -0.2) is 0 Å². The first-order chi connectivity index (χ1) is 12.2. The highest BCUT2D eigenvalue weighted by molar-refractivity contribution is 5.93. The smallest absolute Gasteiger partial charge is 0.0724 e. The van der Waals surface area contributed by atoms with Crippen LogP contribution in [0.15, 0.2) is 66.7 Å². The molecular formula is C21H22N2O2. The lowest BCUT2D eigenvalue weighted by molar-refractivity contribution is 0.0818. The molecule has 0 unspecified atom stereocenters. The molecular weight excluding hydrogens is 312 g/mol. The molecule has 0 aliphatic rings. The van der Waals surface area contributed by atoms with Gasteiger partial charge >= 0.3 is 0 Å². The number of hydrogen-bond acceptors (Lipinski definition) is 4. The van der Waals surface area contributed by atoms with E-state index in [1.807, 2.05) is 66.7 Å². The predicted octanol–water partition coefficient (Wildman–Crippen LogP) is 3.69. The monoisotopic (exact) mass is 334 g/mol. The van der Waals surface area contributed by atoms with Crippen molar-refractivity contribution in [2.24, 2.45) is 0 Å². The summed E-state index contributed by atoms with van der Waals surface area (Å²) in [5.74, 6) is 0. The van der Waals surface area contributed by atoms with Gasteiger partial charge in [0.1, 0.15) is 0 Å². The molecule has 0 bridgehead atoms. The van der Waals surface area contributed by atoms with Gasteiger partial charge in [-0.3, -0.25) is 0 Å². The summed E-state index contributed by atoms with van der Waals surface area (Å²) in [5, 5.41) is 8.98. The fourth-order valence-corrected chi connectivity index (χ4v) is 2.98. The van der Waals surface area contributed by atoms with E-state index in [0.29, 0.717) is 24.6 Å². The zero-order chi connectivity index (χ0) is 17.6. The van der Waals surface area contributed by atoms with Crippen molar-refractivity contribution < 1.29 is 9.84 Å². The van der Waals surface area contributed by atoms with E-state index in [4.69, 9.17) is 21.3 Å². The summed E-state index contributed by atoms with van der Waals surface area (Å²) in [6, 6.07) is 21.6. The van der Waals surface area contributed by atoms with Crippen LogP contribution in [-0.4, -0.2) is 18.3 Å². The molecule has 0 aliphatic carbocycles. The topological polar surface area (TPSA) is 81.5 Å². The van der Waals surface area contributed by atoms with Crippen molar-refractivity contribution >= 4 is 11.4 Å². The molecule has 4 nitrogen and oxygen atoms in total. The minimum Gasteiger partial charge on any atom is -0.398 e. The van der Waals surface area contributed by atoms with Crippen LogP contribution in [0.4, 0.5) is 11.4 Å². The Morgan fingerprint density at radius 3 is 1.96 bits per heavy atom. The minimum atomic E-state index is -0.00582. The Morgan fingerprint density at radius 2 is 1.32 bits per heavy atom. The van der Waals surface area contributed by atoms with Gasteiger partial charge in [0, 0.05) is 22.5 Å². The van der Waals surface area contributed by atoms with Crippen molar-refractivity contribution in [2.45, 2.75) is 6.61 Å². The van der Waals surface area contributed by atoms with Crippen LogP contribution in [0.25, 0.3) is 22.3 Å². The minimum absolute atomic E-state index is 0.00582. The molecule has 3 rings (SSSR count). The maximum Gasteiger partial charge on any atom is 0.0724 e. The zero-order valence-electron chi connectivity index (χ0n) is 14.0. The second-order valence-electron chi connectivity index (χ2n) is 5.79. The van der Waals surface area contributed by atoms with Crippen LogP contribution in [0.2, 0.25) is 0 Å². The lowest BCUT2D eigenvalue weighted by Gasteiger charge is -2.18. The van der Waals surface area contributed by atoms with Crippen LogP contribution < -0.4 is 11.5 Å². The third-order valence-corrected chi connectivity index (χ3v) is 4.13. The number of ether oxygens (including phenoxy) is 1. The molecule has 0 saturated carbocycles. The van der Waals surface area contributed by atoms with Gasteiger partial charge in [-0.15, -0.1) is 0 Å². The normalized spacial score (nSPS) is 10.8. The van der Waals surface area contributed by atoms with Gasteiger partial charge in [0.15, 0.2) is 0 Å². The standard InChI is InChI=1S/C21H22N2O2/c22-19-10-3-1-7-16(19)17-9-5-6-15(14-25-13-12-24)21(17)18-8-2-4-11-20(18)23/h1-11,24H,12-14,22-23H2. The first-order valence-corrected chi connectivity index (χ1v) is 8.22. The first-order valence-electron chi connectivity index (χ1n) is 8.22. The lowest BCUT2D eigenvalue weighted by Crippen LogP contribution is -2.03. The number of hydrogen-bond donors (Lipinski definition) is 3. The number of rotatable bonds is 6. The molecule has 4 heteroatoms. The van der Waals surface area contributed by atoms with Crippen LogP contribution >= 0.6 is 0 Å². The highest BCUT2D eigenvalue weighted by Gasteiger charge is 2.15. The molecule has 3 aromatic rings. The summed E-state index contributed by atoms with van der Waals surface area (Å²) in [6.07, 6.45) is 0. The Bertz CT molecular complexity index is 862. The average molecular weight is 334 g/mol. The van der Waals surface area contributed by atoms with Gasteiger partial charge in [-0.2, -0.15) is 0 Å². The summed E-state index contributed by atoms with van der Waals surface area (Å²) in [5.41, 5.74) is 18.8. The van der Waals surface area contributed by atoms with Crippen LogP contribution in [0, 0.1) is 0 Å². The van der Waals surface area contributed by atoms with E-state index < -0.39 is 0 Å². The second-order valence-corrected chi connectivity index (χ2v) is 5.79. The highest BCUT2D eigenvalue weighted by Crippen LogP contribution is 2.39. The van der Waals surface area contributed by atoms with E-state index >= 15 is 0 Å². The van der Waals surface area contributed by atoms with Gasteiger partial charge in [0.05, 0.1) is 19.8 Å². The van der Waals surface area contributed by atoms with Crippen molar-refractivity contribution in [1.29, 1.82) is 0 Å². The molecule has 0 radical (unpaired) electrons. The largest absolute Gasteiger partial charge is 0.398 e. The summed E-state index contributed by atoms with van der Waals surface area (Å²) in [6.45, 7) is 0.681. The molecule has 3 aromatic carbocycles. The quantitative estimate of drug-likeness (QED) is 0.474. The molecule has 0 amide bonds. The lowest BCUT2D eigenvalue weighted by atomic mass is 9.89. The number of aliphatic hydroxyl groups is 1. The van der Waals surface area contributed by atoms with E-state index in [1.54, 1.807) is 0 Å². The predicted molar refractivity (Wildman–Crippen MR) is 103 cm³/mol. The van der Waals surface area contributed by atoms with Gasteiger partial charge in [0.25, 0.3) is 0 Å². The Labute approximate surface area is 147 Å². The summed E-state index contributed by atoms with van der Waals surface area (Å²) < 4.78 is 5.57. The number of benzene rings is 3. The van der Waals surface area contributed by atoms with Crippen molar-refractivity contribution in [1.82, 2.24) is 0 Å². The first kappa shape index (κ1) is 17.0. The fourth-order valence-electron chi connectivity index (χ4n) is 2.98. The molecule has 0 aliphatic heterocycles. The van der Waals surface area contributed by atoms with Crippen LogP contribution in [0.5, 0.6) is 0 Å².